The van der Waals surface area contributed by atoms with Crippen molar-refractivity contribution in [1.82, 2.24) is 5.32 Å². The Morgan fingerprint density at radius 1 is 0.885 bits per heavy atom. The lowest BCUT2D eigenvalue weighted by molar-refractivity contribution is 0.250. The third kappa shape index (κ3) is 4.22. The number of carbonyl (C=O) groups is 1. The second kappa shape index (κ2) is 8.21. The molecule has 2 amide bonds. The zero-order chi connectivity index (χ0) is 18.4. The van der Waals surface area contributed by atoms with Crippen molar-refractivity contribution in [2.75, 3.05) is 12.4 Å². The Labute approximate surface area is 153 Å². The molecule has 3 rings (SSSR count). The van der Waals surface area contributed by atoms with E-state index < -0.39 is 0 Å². The Bertz CT molecular complexity index is 878. The number of rotatable bonds is 5. The van der Waals surface area contributed by atoms with Crippen LogP contribution in [0.4, 0.5) is 10.5 Å². The van der Waals surface area contributed by atoms with Crippen LogP contribution in [0.1, 0.15) is 22.7 Å². The average molecular weight is 346 g/mol. The molecule has 0 bridgehead atoms. The molecule has 0 aliphatic heterocycles. The number of ether oxygens (including phenoxy) is 1. The van der Waals surface area contributed by atoms with E-state index >= 15 is 0 Å². The zero-order valence-corrected chi connectivity index (χ0v) is 14.9. The number of methoxy groups -OCH3 is 1. The first-order valence-electron chi connectivity index (χ1n) is 8.49. The van der Waals surface area contributed by atoms with Gasteiger partial charge in [-0.2, -0.15) is 0 Å². The summed E-state index contributed by atoms with van der Waals surface area (Å²) in [5.41, 5.74) is 3.83. The van der Waals surface area contributed by atoms with Crippen LogP contribution in [-0.4, -0.2) is 13.1 Å². The van der Waals surface area contributed by atoms with E-state index in [9.17, 15) is 4.79 Å². The van der Waals surface area contributed by atoms with Gasteiger partial charge in [-0.15, -0.1) is 0 Å². The number of hydrogen-bond acceptors (Lipinski definition) is 2. The van der Waals surface area contributed by atoms with Gasteiger partial charge in [0.25, 0.3) is 0 Å². The minimum Gasteiger partial charge on any atom is -0.495 e. The predicted molar refractivity (Wildman–Crippen MR) is 105 cm³/mol. The number of hydrogen-bond donors (Lipinski definition) is 2. The molecule has 0 aliphatic rings. The lowest BCUT2D eigenvalue weighted by Gasteiger charge is -2.21. The van der Waals surface area contributed by atoms with Crippen molar-refractivity contribution in [1.29, 1.82) is 0 Å². The largest absolute Gasteiger partial charge is 0.495 e. The van der Waals surface area contributed by atoms with Gasteiger partial charge in [0.1, 0.15) is 5.75 Å². The molecule has 0 saturated heterocycles. The van der Waals surface area contributed by atoms with Gasteiger partial charge in [0.05, 0.1) is 18.8 Å². The highest BCUT2D eigenvalue weighted by Gasteiger charge is 2.17. The van der Waals surface area contributed by atoms with Gasteiger partial charge in [-0.05, 0) is 30.2 Å². The summed E-state index contributed by atoms with van der Waals surface area (Å²) in [6, 6.07) is 24.9. The van der Waals surface area contributed by atoms with Crippen LogP contribution in [0, 0.1) is 6.92 Å². The van der Waals surface area contributed by atoms with Gasteiger partial charge in [-0.3, -0.25) is 0 Å². The van der Waals surface area contributed by atoms with Crippen molar-refractivity contribution in [3.8, 4) is 5.75 Å². The Kier molecular flexibility index (Phi) is 5.54. The molecule has 0 fully saturated rings. The van der Waals surface area contributed by atoms with Gasteiger partial charge in [0, 0.05) is 0 Å². The van der Waals surface area contributed by atoms with E-state index in [0.717, 1.165) is 16.7 Å². The Morgan fingerprint density at radius 2 is 1.58 bits per heavy atom. The Morgan fingerprint density at radius 3 is 2.31 bits per heavy atom. The number of anilines is 1. The maximum absolute atomic E-state index is 12.6. The zero-order valence-electron chi connectivity index (χ0n) is 14.9. The van der Waals surface area contributed by atoms with Crippen LogP contribution >= 0.6 is 0 Å². The van der Waals surface area contributed by atoms with Gasteiger partial charge in [0.15, 0.2) is 0 Å². The molecule has 0 aromatic heterocycles. The fraction of sp³-hybridized carbons (Fsp3) is 0.136. The maximum Gasteiger partial charge on any atom is 0.320 e. The van der Waals surface area contributed by atoms with Crippen LogP contribution in [0.5, 0.6) is 5.75 Å². The number of nitrogens with one attached hydrogen (secondary N) is 2. The first kappa shape index (κ1) is 17.5. The molecule has 0 heterocycles. The van der Waals surface area contributed by atoms with E-state index in [1.165, 1.54) is 0 Å². The summed E-state index contributed by atoms with van der Waals surface area (Å²) in [5, 5.41) is 5.94. The molecule has 0 aliphatic carbocycles. The molecular formula is C22H22N2O2. The van der Waals surface area contributed by atoms with Crippen molar-refractivity contribution in [2.45, 2.75) is 13.0 Å². The van der Waals surface area contributed by atoms with E-state index in [4.69, 9.17) is 4.74 Å². The number of carbonyl (C=O) groups excluding carboxylic acids is 1. The third-order valence-electron chi connectivity index (χ3n) is 4.14. The summed E-state index contributed by atoms with van der Waals surface area (Å²) in [6.07, 6.45) is 0. The van der Waals surface area contributed by atoms with Crippen LogP contribution < -0.4 is 15.4 Å². The lowest BCUT2D eigenvalue weighted by Crippen LogP contribution is -2.33. The van der Waals surface area contributed by atoms with Crippen molar-refractivity contribution < 1.29 is 9.53 Å². The molecule has 1 atom stereocenters. The fourth-order valence-electron chi connectivity index (χ4n) is 2.89. The molecule has 0 radical (unpaired) electrons. The van der Waals surface area contributed by atoms with E-state index in [0.29, 0.717) is 11.4 Å². The molecule has 0 spiro atoms. The maximum atomic E-state index is 12.6. The minimum absolute atomic E-state index is 0.245. The fourth-order valence-corrected chi connectivity index (χ4v) is 2.89. The van der Waals surface area contributed by atoms with Crippen molar-refractivity contribution >= 4 is 11.7 Å². The third-order valence-corrected chi connectivity index (χ3v) is 4.14. The van der Waals surface area contributed by atoms with Gasteiger partial charge in [0.2, 0.25) is 0 Å². The first-order chi connectivity index (χ1) is 12.7. The highest BCUT2D eigenvalue weighted by Crippen LogP contribution is 2.25. The first-order valence-corrected chi connectivity index (χ1v) is 8.49. The van der Waals surface area contributed by atoms with E-state index in [-0.39, 0.29) is 12.1 Å². The van der Waals surface area contributed by atoms with E-state index in [1.807, 2.05) is 79.7 Å². The summed E-state index contributed by atoms with van der Waals surface area (Å²) >= 11 is 0. The highest BCUT2D eigenvalue weighted by atomic mass is 16.5. The molecule has 132 valence electrons. The highest BCUT2D eigenvalue weighted by molar-refractivity contribution is 5.91. The van der Waals surface area contributed by atoms with Crippen LogP contribution in [0.2, 0.25) is 0 Å². The summed E-state index contributed by atoms with van der Waals surface area (Å²) in [7, 11) is 1.58. The van der Waals surface area contributed by atoms with Crippen LogP contribution in [0.3, 0.4) is 0 Å². The van der Waals surface area contributed by atoms with Gasteiger partial charge >= 0.3 is 6.03 Å². The quantitative estimate of drug-likeness (QED) is 0.689. The molecular weight excluding hydrogens is 324 g/mol. The second-order valence-corrected chi connectivity index (χ2v) is 6.06. The molecule has 4 heteroatoms. The number of benzene rings is 3. The van der Waals surface area contributed by atoms with Crippen LogP contribution in [0.25, 0.3) is 0 Å². The summed E-state index contributed by atoms with van der Waals surface area (Å²) in [4.78, 5) is 12.6. The lowest BCUT2D eigenvalue weighted by atomic mass is 9.97. The van der Waals surface area contributed by atoms with Crippen LogP contribution in [0.15, 0.2) is 78.9 Å². The monoisotopic (exact) mass is 346 g/mol. The molecule has 26 heavy (non-hydrogen) atoms. The standard InChI is InChI=1S/C22H22N2O2/c1-16-9-8-12-18(15-16)21(17-10-4-3-5-11-17)24-22(25)23-19-13-6-7-14-20(19)26-2/h3-15,21H,1-2H3,(H2,23,24,25)/t21-/m1/s1. The molecule has 0 unspecified atom stereocenters. The van der Waals surface area contributed by atoms with Gasteiger partial charge < -0.3 is 15.4 Å². The molecule has 2 N–H and O–H groups in total. The van der Waals surface area contributed by atoms with Gasteiger partial charge in [-0.25, -0.2) is 4.79 Å². The minimum atomic E-state index is -0.287. The van der Waals surface area contributed by atoms with E-state index in [2.05, 4.69) is 16.7 Å². The molecule has 4 nitrogen and oxygen atoms in total. The SMILES string of the molecule is COc1ccccc1NC(=O)N[C@H](c1ccccc1)c1cccc(C)c1. The van der Waals surface area contributed by atoms with Crippen molar-refractivity contribution in [3.63, 3.8) is 0 Å². The number of para-hydroxylation sites is 2. The smallest absolute Gasteiger partial charge is 0.320 e. The summed E-state index contributed by atoms with van der Waals surface area (Å²) in [5.74, 6) is 0.620. The predicted octanol–water partition coefficient (Wildman–Crippen LogP) is 4.91. The molecule has 3 aromatic rings. The molecule has 0 saturated carbocycles. The Balaban J connectivity index is 1.85. The van der Waals surface area contributed by atoms with Crippen molar-refractivity contribution in [3.05, 3.63) is 95.6 Å². The van der Waals surface area contributed by atoms with Crippen molar-refractivity contribution in [2.24, 2.45) is 0 Å². The van der Waals surface area contributed by atoms with Crippen LogP contribution in [-0.2, 0) is 0 Å². The second-order valence-electron chi connectivity index (χ2n) is 6.06. The Hall–Kier alpha value is -3.27. The molecule has 3 aromatic carbocycles. The van der Waals surface area contributed by atoms with E-state index in [1.54, 1.807) is 7.11 Å². The topological polar surface area (TPSA) is 50.4 Å². The normalized spacial score (nSPS) is 11.5. The number of urea groups is 1. The average Bonchev–Trinajstić information content (AvgIpc) is 2.67. The summed E-state index contributed by atoms with van der Waals surface area (Å²) < 4.78 is 5.29. The van der Waals surface area contributed by atoms with Gasteiger partial charge in [-0.1, -0.05) is 72.3 Å². The number of amides is 2. The summed E-state index contributed by atoms with van der Waals surface area (Å²) in [6.45, 7) is 2.04. The number of aryl methyl sites for hydroxylation is 1.